The number of halogens is 1. The van der Waals surface area contributed by atoms with E-state index in [0.29, 0.717) is 0 Å². The average Bonchev–Trinajstić information content (AvgIpc) is 2.22. The number of nitrogens with one attached hydrogen (secondary N) is 1. The Labute approximate surface area is 96.4 Å². The highest BCUT2D eigenvalue weighted by Gasteiger charge is 1.99. The molecule has 1 aromatic heterocycles. The first-order valence-electron chi connectivity index (χ1n) is 5.12. The molecule has 15 heavy (non-hydrogen) atoms. The molecule has 0 radical (unpaired) electrons. The van der Waals surface area contributed by atoms with Crippen molar-refractivity contribution in [1.82, 2.24) is 10.3 Å². The zero-order valence-corrected chi connectivity index (χ0v) is 10.0. The Morgan fingerprint density at radius 3 is 3.07 bits per heavy atom. The molecular weight excluding hydrogens is 208 g/mol. The van der Waals surface area contributed by atoms with Crippen molar-refractivity contribution in [1.29, 1.82) is 0 Å². The molecule has 0 fully saturated rings. The standard InChI is InChI=1S/C12H17ClN2/c1-10(4-3-6-14-2)8-11-5-7-15-9-12(11)13/h4-5,7,9,14H,3,6,8H2,1-2H3. The van der Waals surface area contributed by atoms with Crippen molar-refractivity contribution < 1.29 is 0 Å². The quantitative estimate of drug-likeness (QED) is 0.615. The predicted octanol–water partition coefficient (Wildman–Crippen LogP) is 2.83. The Morgan fingerprint density at radius 1 is 1.60 bits per heavy atom. The minimum atomic E-state index is 0.749. The molecule has 0 unspecified atom stereocenters. The van der Waals surface area contributed by atoms with Crippen molar-refractivity contribution >= 4 is 11.6 Å². The van der Waals surface area contributed by atoms with Crippen molar-refractivity contribution in [3.63, 3.8) is 0 Å². The van der Waals surface area contributed by atoms with Crippen molar-refractivity contribution in [2.75, 3.05) is 13.6 Å². The molecular formula is C12H17ClN2. The zero-order valence-electron chi connectivity index (χ0n) is 9.26. The summed E-state index contributed by atoms with van der Waals surface area (Å²) in [4.78, 5) is 3.97. The summed E-state index contributed by atoms with van der Waals surface area (Å²) in [5, 5.41) is 3.87. The number of rotatable bonds is 5. The Kier molecular flexibility index (Phi) is 5.37. The van der Waals surface area contributed by atoms with Crippen LogP contribution >= 0.6 is 11.6 Å². The number of hydrogen-bond acceptors (Lipinski definition) is 2. The van der Waals surface area contributed by atoms with Gasteiger partial charge in [-0.2, -0.15) is 0 Å². The summed E-state index contributed by atoms with van der Waals surface area (Å²) in [5.41, 5.74) is 2.49. The van der Waals surface area contributed by atoms with Gasteiger partial charge < -0.3 is 5.32 Å². The molecule has 0 aliphatic rings. The fourth-order valence-corrected chi connectivity index (χ4v) is 1.57. The maximum absolute atomic E-state index is 6.03. The molecule has 1 heterocycles. The molecule has 3 heteroatoms. The molecule has 0 aliphatic carbocycles. The van der Waals surface area contributed by atoms with E-state index in [-0.39, 0.29) is 0 Å². The monoisotopic (exact) mass is 224 g/mol. The minimum absolute atomic E-state index is 0.749. The van der Waals surface area contributed by atoms with Gasteiger partial charge in [0.15, 0.2) is 0 Å². The van der Waals surface area contributed by atoms with Crippen LogP contribution in [0.15, 0.2) is 30.1 Å². The smallest absolute Gasteiger partial charge is 0.0624 e. The number of aromatic nitrogens is 1. The Balaban J connectivity index is 2.54. The second kappa shape index (κ2) is 6.59. The second-order valence-corrected chi connectivity index (χ2v) is 3.99. The molecule has 0 saturated carbocycles. The van der Waals surface area contributed by atoms with Crippen LogP contribution in [0, 0.1) is 0 Å². The van der Waals surface area contributed by atoms with E-state index in [4.69, 9.17) is 11.6 Å². The second-order valence-electron chi connectivity index (χ2n) is 3.59. The number of pyridine rings is 1. The Morgan fingerprint density at radius 2 is 2.40 bits per heavy atom. The van der Waals surface area contributed by atoms with Crippen molar-refractivity contribution in [2.45, 2.75) is 19.8 Å². The zero-order chi connectivity index (χ0) is 11.1. The van der Waals surface area contributed by atoms with Gasteiger partial charge in [0, 0.05) is 12.4 Å². The van der Waals surface area contributed by atoms with Crippen LogP contribution in [0.4, 0.5) is 0 Å². The average molecular weight is 225 g/mol. The topological polar surface area (TPSA) is 24.9 Å². The summed E-state index contributed by atoms with van der Waals surface area (Å²) in [6, 6.07) is 1.97. The van der Waals surface area contributed by atoms with E-state index >= 15 is 0 Å². The Hall–Kier alpha value is -0.860. The molecule has 1 aromatic rings. The number of hydrogen-bond donors (Lipinski definition) is 1. The van der Waals surface area contributed by atoms with Gasteiger partial charge in [-0.25, -0.2) is 0 Å². The molecule has 0 bridgehead atoms. The van der Waals surface area contributed by atoms with Crippen LogP contribution in [0.25, 0.3) is 0 Å². The van der Waals surface area contributed by atoms with Gasteiger partial charge in [-0.1, -0.05) is 23.3 Å². The highest BCUT2D eigenvalue weighted by atomic mass is 35.5. The third-order valence-electron chi connectivity index (χ3n) is 2.21. The molecule has 0 amide bonds. The fraction of sp³-hybridized carbons (Fsp3) is 0.417. The van der Waals surface area contributed by atoms with Crippen molar-refractivity contribution in [3.8, 4) is 0 Å². The highest BCUT2D eigenvalue weighted by molar-refractivity contribution is 6.31. The largest absolute Gasteiger partial charge is 0.319 e. The predicted molar refractivity (Wildman–Crippen MR) is 65.3 cm³/mol. The van der Waals surface area contributed by atoms with Gasteiger partial charge in [-0.05, 0) is 45.0 Å². The molecule has 0 saturated heterocycles. The first kappa shape index (κ1) is 12.2. The third-order valence-corrected chi connectivity index (χ3v) is 2.55. The molecule has 0 aromatic carbocycles. The number of nitrogens with zero attached hydrogens (tertiary/aromatic N) is 1. The first-order valence-corrected chi connectivity index (χ1v) is 5.50. The molecule has 0 spiro atoms. The van der Waals surface area contributed by atoms with E-state index < -0.39 is 0 Å². The van der Waals surface area contributed by atoms with Crippen LogP contribution < -0.4 is 5.32 Å². The highest BCUT2D eigenvalue weighted by Crippen LogP contribution is 2.17. The maximum atomic E-state index is 6.03. The van der Waals surface area contributed by atoms with E-state index in [1.807, 2.05) is 13.1 Å². The van der Waals surface area contributed by atoms with Gasteiger partial charge >= 0.3 is 0 Å². The summed E-state index contributed by atoms with van der Waals surface area (Å²) >= 11 is 6.03. The fourth-order valence-electron chi connectivity index (χ4n) is 1.38. The lowest BCUT2D eigenvalue weighted by molar-refractivity contribution is 0.802. The molecule has 2 nitrogen and oxygen atoms in total. The van der Waals surface area contributed by atoms with E-state index in [1.165, 1.54) is 5.57 Å². The molecule has 0 atom stereocenters. The molecule has 1 N–H and O–H groups in total. The summed E-state index contributed by atoms with van der Waals surface area (Å²) in [5.74, 6) is 0. The molecule has 82 valence electrons. The molecule has 0 aliphatic heterocycles. The Bertz CT molecular complexity index is 334. The van der Waals surface area contributed by atoms with Crippen LogP contribution in [0.3, 0.4) is 0 Å². The summed E-state index contributed by atoms with van der Waals surface area (Å²) < 4.78 is 0. The van der Waals surface area contributed by atoms with E-state index in [2.05, 4.69) is 23.3 Å². The van der Waals surface area contributed by atoms with E-state index in [9.17, 15) is 0 Å². The molecule has 1 rings (SSSR count). The summed E-state index contributed by atoms with van der Waals surface area (Å²) in [6.07, 6.45) is 7.68. The van der Waals surface area contributed by atoms with Crippen LogP contribution in [-0.2, 0) is 6.42 Å². The maximum Gasteiger partial charge on any atom is 0.0624 e. The van der Waals surface area contributed by atoms with Gasteiger partial charge in [0.05, 0.1) is 5.02 Å². The van der Waals surface area contributed by atoms with Crippen LogP contribution in [0.2, 0.25) is 5.02 Å². The lowest BCUT2D eigenvalue weighted by Crippen LogP contribution is -2.06. The van der Waals surface area contributed by atoms with Crippen molar-refractivity contribution in [2.24, 2.45) is 0 Å². The summed E-state index contributed by atoms with van der Waals surface area (Å²) in [6.45, 7) is 3.15. The lowest BCUT2D eigenvalue weighted by Gasteiger charge is -2.04. The van der Waals surface area contributed by atoms with Crippen LogP contribution in [0.1, 0.15) is 18.9 Å². The van der Waals surface area contributed by atoms with Gasteiger partial charge in [-0.3, -0.25) is 4.98 Å². The van der Waals surface area contributed by atoms with Gasteiger partial charge in [0.2, 0.25) is 0 Å². The normalized spacial score (nSPS) is 11.8. The van der Waals surface area contributed by atoms with Crippen LogP contribution in [-0.4, -0.2) is 18.6 Å². The van der Waals surface area contributed by atoms with E-state index in [0.717, 1.165) is 30.0 Å². The van der Waals surface area contributed by atoms with Crippen LogP contribution in [0.5, 0.6) is 0 Å². The first-order chi connectivity index (χ1) is 7.24. The van der Waals surface area contributed by atoms with Crippen molar-refractivity contribution in [3.05, 3.63) is 40.7 Å². The minimum Gasteiger partial charge on any atom is -0.319 e. The third kappa shape index (κ3) is 4.45. The summed E-state index contributed by atoms with van der Waals surface area (Å²) in [7, 11) is 1.96. The number of allylic oxidation sites excluding steroid dienone is 1. The SMILES string of the molecule is CNCCC=C(C)Cc1ccncc1Cl. The van der Waals surface area contributed by atoms with E-state index in [1.54, 1.807) is 12.4 Å². The van der Waals surface area contributed by atoms with Gasteiger partial charge in [0.1, 0.15) is 0 Å². The lowest BCUT2D eigenvalue weighted by atomic mass is 10.1. The van der Waals surface area contributed by atoms with Gasteiger partial charge in [-0.15, -0.1) is 0 Å². The van der Waals surface area contributed by atoms with Gasteiger partial charge in [0.25, 0.3) is 0 Å².